The molecule has 7 heteroatoms. The van der Waals surface area contributed by atoms with Crippen LogP contribution in [0.15, 0.2) is 59.6 Å². The molecule has 0 spiro atoms. The molecular weight excluding hydrogens is 308 g/mol. The zero-order valence-electron chi connectivity index (χ0n) is 11.2. The maximum atomic E-state index is 11.9. The molecule has 0 atom stereocenters. The Morgan fingerprint density at radius 3 is 2.23 bits per heavy atom. The van der Waals surface area contributed by atoms with E-state index in [1.807, 2.05) is 0 Å². The first-order valence-electron chi connectivity index (χ1n) is 6.19. The topological polar surface area (TPSA) is 92.5 Å². The highest BCUT2D eigenvalue weighted by molar-refractivity contribution is 6.46. The number of carbonyl (C=O) groups excluding carboxylic acids is 1. The van der Waals surface area contributed by atoms with Crippen molar-refractivity contribution in [2.45, 2.75) is 0 Å². The predicted octanol–water partition coefficient (Wildman–Crippen LogP) is 3.70. The number of anilines is 1. The molecule has 0 saturated carbocycles. The molecule has 0 unspecified atom stereocenters. The van der Waals surface area contributed by atoms with Gasteiger partial charge in [-0.3, -0.25) is 14.9 Å². The van der Waals surface area contributed by atoms with Crippen LogP contribution in [0.1, 0.15) is 5.56 Å². The SMILES string of the molecule is O=C(Nc1ccccc1)C(Cl)=C(O)c1ccc([N+](=O)[O-])cc1. The van der Waals surface area contributed by atoms with Crippen LogP contribution in [0.4, 0.5) is 11.4 Å². The van der Waals surface area contributed by atoms with E-state index in [2.05, 4.69) is 5.32 Å². The number of carbonyl (C=O) groups is 1. The van der Waals surface area contributed by atoms with Crippen molar-refractivity contribution in [2.24, 2.45) is 0 Å². The summed E-state index contributed by atoms with van der Waals surface area (Å²) in [6.45, 7) is 0. The first-order chi connectivity index (χ1) is 10.5. The molecule has 2 aromatic carbocycles. The van der Waals surface area contributed by atoms with E-state index in [4.69, 9.17) is 11.6 Å². The van der Waals surface area contributed by atoms with Gasteiger partial charge in [0, 0.05) is 23.4 Å². The van der Waals surface area contributed by atoms with Crippen LogP contribution in [0.5, 0.6) is 0 Å². The number of para-hydroxylation sites is 1. The second-order valence-electron chi connectivity index (χ2n) is 4.29. The summed E-state index contributed by atoms with van der Waals surface area (Å²) in [6.07, 6.45) is 0. The minimum absolute atomic E-state index is 0.124. The number of amides is 1. The fourth-order valence-corrected chi connectivity index (χ4v) is 1.84. The summed E-state index contributed by atoms with van der Waals surface area (Å²) in [6, 6.07) is 13.7. The van der Waals surface area contributed by atoms with E-state index in [1.54, 1.807) is 30.3 Å². The van der Waals surface area contributed by atoms with Crippen molar-refractivity contribution in [3.63, 3.8) is 0 Å². The molecule has 0 aliphatic heterocycles. The maximum absolute atomic E-state index is 11.9. The lowest BCUT2D eigenvalue weighted by Gasteiger charge is -2.06. The number of hydrogen-bond acceptors (Lipinski definition) is 4. The van der Waals surface area contributed by atoms with E-state index >= 15 is 0 Å². The molecule has 0 fully saturated rings. The number of aliphatic hydroxyl groups excluding tert-OH is 1. The van der Waals surface area contributed by atoms with Crippen molar-refractivity contribution in [3.05, 3.63) is 75.3 Å². The Morgan fingerprint density at radius 2 is 1.68 bits per heavy atom. The highest BCUT2D eigenvalue weighted by Crippen LogP contribution is 2.22. The van der Waals surface area contributed by atoms with E-state index in [9.17, 15) is 20.0 Å². The van der Waals surface area contributed by atoms with Gasteiger partial charge in [-0.25, -0.2) is 0 Å². The first kappa shape index (κ1) is 15.5. The van der Waals surface area contributed by atoms with Crippen LogP contribution in [-0.4, -0.2) is 15.9 Å². The average molecular weight is 319 g/mol. The van der Waals surface area contributed by atoms with Crippen molar-refractivity contribution in [3.8, 4) is 0 Å². The second-order valence-corrected chi connectivity index (χ2v) is 4.66. The molecule has 112 valence electrons. The molecule has 0 aromatic heterocycles. The van der Waals surface area contributed by atoms with Crippen LogP contribution in [0, 0.1) is 10.1 Å². The largest absolute Gasteiger partial charge is 0.506 e. The molecular formula is C15H11ClN2O4. The quantitative estimate of drug-likeness (QED) is 0.389. The third kappa shape index (κ3) is 3.62. The van der Waals surface area contributed by atoms with Crippen LogP contribution in [0.25, 0.3) is 5.76 Å². The summed E-state index contributed by atoms with van der Waals surface area (Å²) in [5, 5.41) is 22.7. The number of nitro benzene ring substituents is 1. The highest BCUT2D eigenvalue weighted by atomic mass is 35.5. The smallest absolute Gasteiger partial charge is 0.271 e. The lowest BCUT2D eigenvalue weighted by molar-refractivity contribution is -0.384. The van der Waals surface area contributed by atoms with E-state index in [0.717, 1.165) is 0 Å². The van der Waals surface area contributed by atoms with Gasteiger partial charge in [-0.15, -0.1) is 0 Å². The van der Waals surface area contributed by atoms with Crippen molar-refractivity contribution in [1.82, 2.24) is 0 Å². The van der Waals surface area contributed by atoms with Crippen molar-refractivity contribution < 1.29 is 14.8 Å². The fourth-order valence-electron chi connectivity index (χ4n) is 1.68. The Balaban J connectivity index is 2.20. The number of halogens is 1. The van der Waals surface area contributed by atoms with Crippen LogP contribution in [0.2, 0.25) is 0 Å². The van der Waals surface area contributed by atoms with Gasteiger partial charge in [0.15, 0.2) is 0 Å². The predicted molar refractivity (Wildman–Crippen MR) is 83.6 cm³/mol. The Labute approximate surface area is 130 Å². The number of nitro groups is 1. The molecule has 6 nitrogen and oxygen atoms in total. The number of benzene rings is 2. The van der Waals surface area contributed by atoms with Gasteiger partial charge in [0.1, 0.15) is 10.8 Å². The van der Waals surface area contributed by atoms with E-state index in [1.165, 1.54) is 24.3 Å². The van der Waals surface area contributed by atoms with Gasteiger partial charge < -0.3 is 10.4 Å². The van der Waals surface area contributed by atoms with Gasteiger partial charge in [-0.1, -0.05) is 29.8 Å². The normalized spacial score (nSPS) is 11.5. The average Bonchev–Trinajstić information content (AvgIpc) is 2.54. The van der Waals surface area contributed by atoms with E-state index in [0.29, 0.717) is 5.69 Å². The van der Waals surface area contributed by atoms with Crippen LogP contribution in [-0.2, 0) is 4.79 Å². The summed E-state index contributed by atoms with van der Waals surface area (Å²) >= 11 is 5.85. The number of rotatable bonds is 4. The summed E-state index contributed by atoms with van der Waals surface area (Å²) < 4.78 is 0. The monoisotopic (exact) mass is 318 g/mol. The molecule has 1 amide bonds. The molecule has 0 radical (unpaired) electrons. The van der Waals surface area contributed by atoms with Gasteiger partial charge in [0.25, 0.3) is 11.6 Å². The van der Waals surface area contributed by atoms with Gasteiger partial charge >= 0.3 is 0 Å². The van der Waals surface area contributed by atoms with Gasteiger partial charge in [0.2, 0.25) is 0 Å². The molecule has 0 heterocycles. The van der Waals surface area contributed by atoms with Gasteiger partial charge in [0.05, 0.1) is 4.92 Å². The number of hydrogen-bond donors (Lipinski definition) is 2. The zero-order chi connectivity index (χ0) is 16.1. The summed E-state index contributed by atoms with van der Waals surface area (Å²) in [7, 11) is 0. The molecule has 2 aromatic rings. The molecule has 22 heavy (non-hydrogen) atoms. The summed E-state index contributed by atoms with van der Waals surface area (Å²) in [5.41, 5.74) is 0.613. The zero-order valence-corrected chi connectivity index (χ0v) is 11.9. The number of aliphatic hydroxyl groups is 1. The first-order valence-corrected chi connectivity index (χ1v) is 6.57. The lowest BCUT2D eigenvalue weighted by Crippen LogP contribution is -2.12. The van der Waals surface area contributed by atoms with Crippen LogP contribution in [0.3, 0.4) is 0 Å². The Morgan fingerprint density at radius 1 is 1.09 bits per heavy atom. The molecule has 0 bridgehead atoms. The van der Waals surface area contributed by atoms with Crippen LogP contribution < -0.4 is 5.32 Å². The Kier molecular flexibility index (Phi) is 4.75. The second kappa shape index (κ2) is 6.73. The molecule has 2 N–H and O–H groups in total. The fraction of sp³-hybridized carbons (Fsp3) is 0. The van der Waals surface area contributed by atoms with Crippen molar-refractivity contribution in [1.29, 1.82) is 0 Å². The standard InChI is InChI=1S/C15H11ClN2O4/c16-13(15(20)17-11-4-2-1-3-5-11)14(19)10-6-8-12(9-7-10)18(21)22/h1-9,19H,(H,17,20). The Bertz CT molecular complexity index is 727. The third-order valence-electron chi connectivity index (χ3n) is 2.79. The van der Waals surface area contributed by atoms with Crippen molar-refractivity contribution >= 4 is 34.6 Å². The maximum Gasteiger partial charge on any atom is 0.271 e. The van der Waals surface area contributed by atoms with E-state index < -0.39 is 21.6 Å². The highest BCUT2D eigenvalue weighted by Gasteiger charge is 2.15. The molecule has 0 aliphatic carbocycles. The summed E-state index contributed by atoms with van der Waals surface area (Å²) in [5.74, 6) is -1.13. The number of nitrogens with one attached hydrogen (secondary N) is 1. The molecule has 0 saturated heterocycles. The van der Waals surface area contributed by atoms with Gasteiger partial charge in [-0.2, -0.15) is 0 Å². The van der Waals surface area contributed by atoms with E-state index in [-0.39, 0.29) is 11.3 Å². The van der Waals surface area contributed by atoms with Crippen LogP contribution >= 0.6 is 11.6 Å². The van der Waals surface area contributed by atoms with Crippen molar-refractivity contribution in [2.75, 3.05) is 5.32 Å². The minimum Gasteiger partial charge on any atom is -0.506 e. The number of non-ortho nitro benzene ring substituents is 1. The van der Waals surface area contributed by atoms with Gasteiger partial charge in [-0.05, 0) is 24.3 Å². The third-order valence-corrected chi connectivity index (χ3v) is 3.14. The minimum atomic E-state index is -0.677. The Hall–Kier alpha value is -2.86. The summed E-state index contributed by atoms with van der Waals surface area (Å²) in [4.78, 5) is 21.9. The number of nitrogens with zero attached hydrogens (tertiary/aromatic N) is 1. The lowest BCUT2D eigenvalue weighted by atomic mass is 10.1. The molecule has 0 aliphatic rings. The molecule has 2 rings (SSSR count).